The molecule has 0 spiro atoms. The van der Waals surface area contributed by atoms with Crippen molar-refractivity contribution in [1.82, 2.24) is 5.32 Å². The third-order valence-electron chi connectivity index (χ3n) is 3.52. The van der Waals surface area contributed by atoms with Gasteiger partial charge in [0.1, 0.15) is 5.75 Å². The smallest absolute Gasteiger partial charge is 0.223 e. The molecule has 1 saturated heterocycles. The van der Waals surface area contributed by atoms with Crippen molar-refractivity contribution in [3.8, 4) is 5.75 Å². The molecule has 1 aromatic carbocycles. The highest BCUT2D eigenvalue weighted by Crippen LogP contribution is 2.15. The third-order valence-corrected chi connectivity index (χ3v) is 3.52. The van der Waals surface area contributed by atoms with Crippen molar-refractivity contribution in [2.24, 2.45) is 0 Å². The van der Waals surface area contributed by atoms with Crippen molar-refractivity contribution < 1.29 is 14.3 Å². The molecule has 1 atom stereocenters. The first-order valence-electron chi connectivity index (χ1n) is 7.60. The number of anilines is 1. The van der Waals surface area contributed by atoms with E-state index in [9.17, 15) is 4.79 Å². The topological polar surface area (TPSA) is 73.6 Å². The van der Waals surface area contributed by atoms with Crippen LogP contribution in [0, 0.1) is 0 Å². The lowest BCUT2D eigenvalue weighted by atomic mass is 10.1. The number of amides is 1. The summed E-state index contributed by atoms with van der Waals surface area (Å²) < 4.78 is 11.1. The summed E-state index contributed by atoms with van der Waals surface area (Å²) in [4.78, 5) is 11.7. The molecule has 2 rings (SSSR count). The Labute approximate surface area is 125 Å². The van der Waals surface area contributed by atoms with Crippen LogP contribution in [0.2, 0.25) is 0 Å². The number of carbonyl (C=O) groups excluding carboxylic acids is 1. The second-order valence-electron chi connectivity index (χ2n) is 5.30. The van der Waals surface area contributed by atoms with Crippen LogP contribution in [0.5, 0.6) is 5.75 Å². The fourth-order valence-electron chi connectivity index (χ4n) is 2.36. The van der Waals surface area contributed by atoms with Gasteiger partial charge in [-0.2, -0.15) is 0 Å². The molecule has 1 aliphatic heterocycles. The largest absolute Gasteiger partial charge is 0.493 e. The van der Waals surface area contributed by atoms with Crippen molar-refractivity contribution in [1.29, 1.82) is 0 Å². The van der Waals surface area contributed by atoms with Crippen LogP contribution in [-0.4, -0.2) is 31.8 Å². The van der Waals surface area contributed by atoms with Gasteiger partial charge in [0, 0.05) is 24.9 Å². The molecule has 3 N–H and O–H groups in total. The number of hydrogen-bond acceptors (Lipinski definition) is 4. The van der Waals surface area contributed by atoms with E-state index in [-0.39, 0.29) is 5.91 Å². The number of hydrogen-bond donors (Lipinski definition) is 2. The summed E-state index contributed by atoms with van der Waals surface area (Å²) in [6, 6.07) is 7.20. The molecule has 1 heterocycles. The van der Waals surface area contributed by atoms with Crippen LogP contribution >= 0.6 is 0 Å². The number of ether oxygens (including phenoxy) is 2. The van der Waals surface area contributed by atoms with E-state index in [0.29, 0.717) is 37.1 Å². The average Bonchev–Trinajstić information content (AvgIpc) is 2.48. The molecular formula is C16H24N2O3. The molecule has 1 fully saturated rings. The van der Waals surface area contributed by atoms with Crippen LogP contribution in [0.4, 0.5) is 5.69 Å². The second kappa shape index (κ2) is 8.52. The Balaban J connectivity index is 1.55. The van der Waals surface area contributed by atoms with Gasteiger partial charge in [0.15, 0.2) is 0 Å². The van der Waals surface area contributed by atoms with Gasteiger partial charge in [-0.25, -0.2) is 0 Å². The highest BCUT2D eigenvalue weighted by atomic mass is 16.5. The Morgan fingerprint density at radius 1 is 1.43 bits per heavy atom. The van der Waals surface area contributed by atoms with Crippen LogP contribution < -0.4 is 15.8 Å². The molecule has 5 nitrogen and oxygen atoms in total. The van der Waals surface area contributed by atoms with E-state index >= 15 is 0 Å². The number of nitrogens with two attached hydrogens (primary N) is 1. The fraction of sp³-hybridized carbons (Fsp3) is 0.562. The number of nitrogens with one attached hydrogen (secondary N) is 1. The Kier molecular flexibility index (Phi) is 6.34. The molecular weight excluding hydrogens is 268 g/mol. The normalized spacial score (nSPS) is 18.2. The predicted molar refractivity (Wildman–Crippen MR) is 82.2 cm³/mol. The van der Waals surface area contributed by atoms with E-state index < -0.39 is 0 Å². The zero-order valence-corrected chi connectivity index (χ0v) is 12.3. The summed E-state index contributed by atoms with van der Waals surface area (Å²) in [7, 11) is 0. The zero-order chi connectivity index (χ0) is 14.9. The molecule has 1 aromatic rings. The van der Waals surface area contributed by atoms with Gasteiger partial charge in [0.05, 0.1) is 19.1 Å². The Hall–Kier alpha value is -1.75. The number of benzene rings is 1. The summed E-state index contributed by atoms with van der Waals surface area (Å²) >= 11 is 0. The summed E-state index contributed by atoms with van der Waals surface area (Å²) in [5.41, 5.74) is 6.31. The van der Waals surface area contributed by atoms with Gasteiger partial charge in [0.25, 0.3) is 0 Å². The molecule has 1 unspecified atom stereocenters. The van der Waals surface area contributed by atoms with E-state index in [2.05, 4.69) is 5.32 Å². The molecule has 0 saturated carbocycles. The van der Waals surface area contributed by atoms with Crippen LogP contribution in [0.1, 0.15) is 32.1 Å². The predicted octanol–water partition coefficient (Wildman–Crippen LogP) is 2.11. The lowest BCUT2D eigenvalue weighted by molar-refractivity contribution is -0.121. The maximum absolute atomic E-state index is 11.7. The molecule has 0 aromatic heterocycles. The lowest BCUT2D eigenvalue weighted by Gasteiger charge is -2.22. The van der Waals surface area contributed by atoms with E-state index in [1.165, 1.54) is 6.42 Å². The Bertz CT molecular complexity index is 445. The van der Waals surface area contributed by atoms with Crippen molar-refractivity contribution in [3.63, 3.8) is 0 Å². The van der Waals surface area contributed by atoms with Gasteiger partial charge in [-0.15, -0.1) is 0 Å². The molecule has 1 amide bonds. The van der Waals surface area contributed by atoms with Gasteiger partial charge in [-0.05, 0) is 37.8 Å². The maximum atomic E-state index is 11.7. The fourth-order valence-corrected chi connectivity index (χ4v) is 2.36. The Morgan fingerprint density at radius 2 is 2.33 bits per heavy atom. The summed E-state index contributed by atoms with van der Waals surface area (Å²) in [5.74, 6) is 0.702. The van der Waals surface area contributed by atoms with E-state index in [1.54, 1.807) is 12.1 Å². The quantitative estimate of drug-likeness (QED) is 0.755. The SMILES string of the molecule is Nc1cccc(OCCC(=O)NCCC2CCCCO2)c1. The molecule has 21 heavy (non-hydrogen) atoms. The monoisotopic (exact) mass is 292 g/mol. The van der Waals surface area contributed by atoms with E-state index in [1.807, 2.05) is 12.1 Å². The van der Waals surface area contributed by atoms with Gasteiger partial charge >= 0.3 is 0 Å². The van der Waals surface area contributed by atoms with Gasteiger partial charge in [-0.3, -0.25) is 4.79 Å². The van der Waals surface area contributed by atoms with Crippen LogP contribution in [0.3, 0.4) is 0 Å². The molecule has 5 heteroatoms. The Morgan fingerprint density at radius 3 is 3.10 bits per heavy atom. The average molecular weight is 292 g/mol. The molecule has 116 valence electrons. The summed E-state index contributed by atoms with van der Waals surface area (Å²) in [6.07, 6.45) is 5.04. The third kappa shape index (κ3) is 6.04. The van der Waals surface area contributed by atoms with Gasteiger partial charge in [0.2, 0.25) is 5.91 Å². The summed E-state index contributed by atoms with van der Waals surface area (Å²) in [5, 5.41) is 2.90. The summed E-state index contributed by atoms with van der Waals surface area (Å²) in [6.45, 7) is 1.88. The first-order chi connectivity index (χ1) is 10.2. The zero-order valence-electron chi connectivity index (χ0n) is 12.3. The van der Waals surface area contributed by atoms with Crippen molar-refractivity contribution in [2.45, 2.75) is 38.2 Å². The minimum Gasteiger partial charge on any atom is -0.493 e. The molecule has 0 bridgehead atoms. The highest BCUT2D eigenvalue weighted by molar-refractivity contribution is 5.75. The van der Waals surface area contributed by atoms with Gasteiger partial charge in [-0.1, -0.05) is 6.07 Å². The van der Waals surface area contributed by atoms with Crippen LogP contribution in [-0.2, 0) is 9.53 Å². The van der Waals surface area contributed by atoms with Gasteiger partial charge < -0.3 is 20.5 Å². The first-order valence-corrected chi connectivity index (χ1v) is 7.60. The highest BCUT2D eigenvalue weighted by Gasteiger charge is 2.13. The number of rotatable bonds is 7. The van der Waals surface area contributed by atoms with Crippen LogP contribution in [0.25, 0.3) is 0 Å². The van der Waals surface area contributed by atoms with Crippen LogP contribution in [0.15, 0.2) is 24.3 Å². The molecule has 1 aliphatic rings. The number of carbonyl (C=O) groups is 1. The van der Waals surface area contributed by atoms with E-state index in [0.717, 1.165) is 25.9 Å². The number of nitrogen functional groups attached to an aromatic ring is 1. The lowest BCUT2D eigenvalue weighted by Crippen LogP contribution is -2.30. The minimum atomic E-state index is 0.00899. The van der Waals surface area contributed by atoms with Crippen molar-refractivity contribution in [3.05, 3.63) is 24.3 Å². The molecule has 0 aliphatic carbocycles. The maximum Gasteiger partial charge on any atom is 0.223 e. The van der Waals surface area contributed by atoms with Crippen molar-refractivity contribution >= 4 is 11.6 Å². The van der Waals surface area contributed by atoms with Crippen molar-refractivity contribution in [2.75, 3.05) is 25.5 Å². The van der Waals surface area contributed by atoms with E-state index in [4.69, 9.17) is 15.2 Å². The standard InChI is InChI=1S/C16H24N2O3/c17-13-4-3-6-15(12-13)21-11-8-16(19)18-9-7-14-5-1-2-10-20-14/h3-4,6,12,14H,1-2,5,7-11,17H2,(H,18,19). The molecule has 0 radical (unpaired) electrons. The second-order valence-corrected chi connectivity index (χ2v) is 5.30. The minimum absolute atomic E-state index is 0.00899. The first kappa shape index (κ1) is 15.6.